The fourth-order valence-electron chi connectivity index (χ4n) is 9.79. The van der Waals surface area contributed by atoms with Crippen LogP contribution in [0, 0.1) is 24.7 Å². The van der Waals surface area contributed by atoms with Gasteiger partial charge in [-0.25, -0.2) is 0 Å². The number of benzene rings is 2. The van der Waals surface area contributed by atoms with Gasteiger partial charge in [-0.2, -0.15) is 0 Å². The highest BCUT2D eigenvalue weighted by Gasteiger charge is 2.54. The molecular formula is C49H59N3O13. The summed E-state index contributed by atoms with van der Waals surface area (Å²) in [5.74, 6) is -5.46. The first-order valence-electron chi connectivity index (χ1n) is 22.4. The van der Waals surface area contributed by atoms with Crippen LogP contribution in [0.4, 0.5) is 5.69 Å². The number of likely N-dealkylation sites (tertiary alicyclic amines) is 1. The van der Waals surface area contributed by atoms with E-state index in [1.807, 2.05) is 19.9 Å². The standard InChI is InChI=1S/C49H59N3O13/c1-24-13-12-14-25(2)48(58)51-38-41(56)35-34(37-45(38)63-33-23-30(15-16-31(33)50-37)60-22-20-52-18-10-9-11-19-52)36-43(27(4)39(35)54)65-49(7,47(36)57)61-21-17-32(59-8)26(3)44(62-29(6)53)46-40(55)28(5)42(24)64-46/h12-17,21,23-24,26,28,32,37,40,42,44,46,50,54-55H,9-11,18-20,22H2,1-8H3,(H,51,58)/b13-12+,21-17+,25-14-/t24-,26+,28-,32-,37?,40+,42-,44+,46+,49-/m0/s1. The highest BCUT2D eigenvalue weighted by Crippen LogP contribution is 2.54. The molecule has 7 aliphatic rings. The summed E-state index contributed by atoms with van der Waals surface area (Å²) in [5.41, 5.74) is 0.486. The van der Waals surface area contributed by atoms with Gasteiger partial charge in [0.15, 0.2) is 11.5 Å². The number of phenolic OH excluding ortho intramolecular Hbond substituents is 1. The number of methoxy groups -OCH3 is 1. The summed E-state index contributed by atoms with van der Waals surface area (Å²) in [7, 11) is 1.47. The average Bonchev–Trinajstić information content (AvgIpc) is 3.73. The van der Waals surface area contributed by atoms with Crippen LogP contribution in [0.25, 0.3) is 0 Å². The van der Waals surface area contributed by atoms with Crippen molar-refractivity contribution in [2.75, 3.05) is 38.7 Å². The van der Waals surface area contributed by atoms with Crippen LogP contribution in [0.15, 0.2) is 65.8 Å². The van der Waals surface area contributed by atoms with Crippen molar-refractivity contribution in [1.82, 2.24) is 10.2 Å². The Morgan fingerprint density at radius 1 is 1.02 bits per heavy atom. The van der Waals surface area contributed by atoms with Crippen LogP contribution in [0.3, 0.4) is 0 Å². The van der Waals surface area contributed by atoms with Gasteiger partial charge in [0.1, 0.15) is 47.8 Å². The maximum atomic E-state index is 14.8. The molecule has 1 unspecified atom stereocenters. The van der Waals surface area contributed by atoms with Crippen LogP contribution < -0.4 is 24.8 Å². The number of aromatic hydroxyl groups is 1. The van der Waals surface area contributed by atoms with E-state index in [2.05, 4.69) is 15.5 Å². The van der Waals surface area contributed by atoms with Crippen molar-refractivity contribution < 1.29 is 62.5 Å². The van der Waals surface area contributed by atoms with Crippen molar-refractivity contribution in [2.45, 2.75) is 110 Å². The van der Waals surface area contributed by atoms with Gasteiger partial charge in [0.2, 0.25) is 5.78 Å². The molecule has 2 aromatic carbocycles. The quantitative estimate of drug-likeness (QED) is 0.248. The molecule has 1 aliphatic carbocycles. The van der Waals surface area contributed by atoms with E-state index in [1.165, 1.54) is 40.6 Å². The number of carbonyl (C=O) groups is 4. The molecule has 65 heavy (non-hydrogen) atoms. The number of phenols is 1. The Hall–Kier alpha value is -5.68. The number of carbonyl (C=O) groups excluding carboxylic acids is 4. The third kappa shape index (κ3) is 8.52. The number of hydrogen-bond acceptors (Lipinski definition) is 15. The van der Waals surface area contributed by atoms with Crippen molar-refractivity contribution in [1.29, 1.82) is 0 Å². The number of ether oxygens (including phenoxy) is 7. The van der Waals surface area contributed by atoms with Crippen molar-refractivity contribution in [3.63, 3.8) is 0 Å². The van der Waals surface area contributed by atoms with Gasteiger partial charge in [0, 0.05) is 68.0 Å². The van der Waals surface area contributed by atoms with E-state index in [0.29, 0.717) is 23.8 Å². The molecular weight excluding hydrogens is 839 g/mol. The number of ketones is 2. The lowest BCUT2D eigenvalue weighted by atomic mass is 9.80. The Bertz CT molecular complexity index is 2380. The highest BCUT2D eigenvalue weighted by molar-refractivity contribution is 6.19. The molecule has 348 valence electrons. The first-order chi connectivity index (χ1) is 31.0. The van der Waals surface area contributed by atoms with Gasteiger partial charge in [0.25, 0.3) is 11.7 Å². The number of fused-ring (bicyclic) bond motifs is 9. The molecule has 0 spiro atoms. The lowest BCUT2D eigenvalue weighted by Gasteiger charge is -2.36. The zero-order valence-electron chi connectivity index (χ0n) is 38.1. The number of nitrogens with one attached hydrogen (secondary N) is 2. The van der Waals surface area contributed by atoms with Crippen molar-refractivity contribution in [3.05, 3.63) is 88.0 Å². The summed E-state index contributed by atoms with van der Waals surface area (Å²) in [6, 6.07) is 4.21. The van der Waals surface area contributed by atoms with Gasteiger partial charge in [-0.05, 0) is 58.0 Å². The van der Waals surface area contributed by atoms with Crippen molar-refractivity contribution in [3.8, 4) is 23.0 Å². The molecule has 16 nitrogen and oxygen atoms in total. The lowest BCUT2D eigenvalue weighted by Crippen LogP contribution is -2.46. The van der Waals surface area contributed by atoms with Gasteiger partial charge in [-0.1, -0.05) is 45.4 Å². The number of allylic oxidation sites excluding steroid dienone is 3. The molecule has 1 amide bonds. The summed E-state index contributed by atoms with van der Waals surface area (Å²) >= 11 is 0. The monoisotopic (exact) mass is 897 g/mol. The third-order valence-electron chi connectivity index (χ3n) is 13.6. The molecule has 2 aromatic rings. The highest BCUT2D eigenvalue weighted by atomic mass is 16.7. The maximum absolute atomic E-state index is 14.8. The molecule has 6 heterocycles. The van der Waals surface area contributed by atoms with Crippen LogP contribution in [0.2, 0.25) is 0 Å². The smallest absolute Gasteiger partial charge is 0.312 e. The first kappa shape index (κ1) is 45.9. The number of aliphatic hydroxyl groups is 1. The van der Waals surface area contributed by atoms with Gasteiger partial charge >= 0.3 is 11.8 Å². The van der Waals surface area contributed by atoms with Gasteiger partial charge in [-0.3, -0.25) is 24.1 Å². The predicted molar refractivity (Wildman–Crippen MR) is 237 cm³/mol. The topological polar surface area (TPSA) is 201 Å². The predicted octanol–water partition coefficient (Wildman–Crippen LogP) is 5.96. The molecule has 10 atom stereocenters. The van der Waals surface area contributed by atoms with Crippen molar-refractivity contribution >= 4 is 29.1 Å². The Morgan fingerprint density at radius 2 is 1.77 bits per heavy atom. The number of nitrogens with zero attached hydrogens (tertiary/aromatic N) is 1. The molecule has 0 radical (unpaired) electrons. The van der Waals surface area contributed by atoms with Gasteiger partial charge in [0.05, 0.1) is 41.4 Å². The van der Waals surface area contributed by atoms with Crippen LogP contribution >= 0.6 is 0 Å². The largest absolute Gasteiger partial charge is 0.507 e. The molecule has 2 fully saturated rings. The summed E-state index contributed by atoms with van der Waals surface area (Å²) in [4.78, 5) is 58.5. The third-order valence-corrected chi connectivity index (χ3v) is 13.6. The Labute approximate surface area is 378 Å². The lowest BCUT2D eigenvalue weighted by molar-refractivity contribution is -0.168. The van der Waals surface area contributed by atoms with Gasteiger partial charge < -0.3 is 54.0 Å². The molecule has 16 heteroatoms. The molecule has 2 saturated heterocycles. The Morgan fingerprint density at radius 3 is 2.49 bits per heavy atom. The second-order valence-corrected chi connectivity index (χ2v) is 18.0. The van der Waals surface area contributed by atoms with Crippen LogP contribution in [0.5, 0.6) is 23.0 Å². The van der Waals surface area contributed by atoms with Crippen LogP contribution in [-0.2, 0) is 28.5 Å². The summed E-state index contributed by atoms with van der Waals surface area (Å²) in [6.45, 7) is 14.7. The van der Waals surface area contributed by atoms with E-state index < -0.39 is 77.5 Å². The zero-order chi connectivity index (χ0) is 46.5. The fraction of sp³-hybridized carbons (Fsp3) is 0.510. The minimum atomic E-state index is -2.00. The molecule has 0 saturated carbocycles. The second-order valence-electron chi connectivity index (χ2n) is 18.0. The second kappa shape index (κ2) is 18.3. The molecule has 6 aliphatic heterocycles. The average molecular weight is 898 g/mol. The number of anilines is 1. The normalized spacial score (nSPS) is 33.0. The van der Waals surface area contributed by atoms with E-state index in [-0.39, 0.29) is 56.9 Å². The number of rotatable bonds is 6. The van der Waals surface area contributed by atoms with E-state index in [4.69, 9.17) is 33.2 Å². The molecule has 9 rings (SSSR count). The number of hydrogen-bond donors (Lipinski definition) is 4. The Kier molecular flexibility index (Phi) is 12.9. The summed E-state index contributed by atoms with van der Waals surface area (Å²) in [6.07, 6.45) is 7.32. The molecule has 7 bridgehead atoms. The summed E-state index contributed by atoms with van der Waals surface area (Å²) in [5, 5.41) is 29.5. The zero-order valence-corrected chi connectivity index (χ0v) is 38.1. The van der Waals surface area contributed by atoms with E-state index in [1.54, 1.807) is 50.3 Å². The number of piperidine rings is 1. The minimum Gasteiger partial charge on any atom is -0.507 e. The fourth-order valence-corrected chi connectivity index (χ4v) is 9.79. The maximum Gasteiger partial charge on any atom is 0.312 e. The van der Waals surface area contributed by atoms with E-state index in [9.17, 15) is 29.4 Å². The molecule has 0 aromatic heterocycles. The van der Waals surface area contributed by atoms with Crippen LogP contribution in [0.1, 0.15) is 98.7 Å². The number of Topliss-reactive ketones (excluding diaryl/α,β-unsaturated/α-hetero) is 2. The number of esters is 1. The number of aliphatic hydroxyl groups excluding tert-OH is 1. The minimum absolute atomic E-state index is 0.00316. The van der Waals surface area contributed by atoms with Crippen molar-refractivity contribution in [2.24, 2.45) is 17.8 Å². The SMILES string of the molecule is CO[C@H]1/C=C/O[C@@]2(C)Oc3c(C)c(O)c4c(c3C2=O)C2Nc3ccc(OCCN5CCCCC5)cc3OC2=C(NC(=O)/C(C)=C\C=C\[C@H](C)[C@@H]2O[C@H]([C@H](O)[C@@H]2C)[C@H](OC(C)=O)[C@@H]1C)C4=O. The number of amides is 1. The molecule has 4 N–H and O–H groups in total. The summed E-state index contributed by atoms with van der Waals surface area (Å²) < 4.78 is 43.2. The first-order valence-corrected chi connectivity index (χ1v) is 22.4. The van der Waals surface area contributed by atoms with E-state index in [0.717, 1.165) is 32.5 Å². The van der Waals surface area contributed by atoms with Crippen LogP contribution in [-0.4, -0.2) is 108 Å². The Balaban J connectivity index is 1.21. The van der Waals surface area contributed by atoms with Gasteiger partial charge in [-0.15, -0.1) is 0 Å². The van der Waals surface area contributed by atoms with E-state index >= 15 is 0 Å².